The Morgan fingerprint density at radius 2 is 1.77 bits per heavy atom. The van der Waals surface area contributed by atoms with E-state index in [2.05, 4.69) is 0 Å². The van der Waals surface area contributed by atoms with Crippen LogP contribution in [0.1, 0.15) is 29.3 Å². The molecule has 2 aromatic rings. The van der Waals surface area contributed by atoms with Gasteiger partial charge in [-0.25, -0.2) is 4.39 Å². The average molecular weight is 357 g/mol. The van der Waals surface area contributed by atoms with Crippen LogP contribution in [0.15, 0.2) is 48.5 Å². The van der Waals surface area contributed by atoms with E-state index in [-0.39, 0.29) is 18.9 Å². The van der Waals surface area contributed by atoms with Crippen LogP contribution in [-0.2, 0) is 14.3 Å². The van der Waals surface area contributed by atoms with Crippen LogP contribution in [0, 0.1) is 12.7 Å². The third-order valence-corrected chi connectivity index (χ3v) is 3.75. The fourth-order valence-electron chi connectivity index (χ4n) is 2.42. The highest BCUT2D eigenvalue weighted by atomic mass is 19.1. The molecule has 5 nitrogen and oxygen atoms in total. The highest BCUT2D eigenvalue weighted by Gasteiger charge is 2.23. The van der Waals surface area contributed by atoms with E-state index < -0.39 is 24.1 Å². The predicted molar refractivity (Wildman–Crippen MR) is 95.5 cm³/mol. The summed E-state index contributed by atoms with van der Waals surface area (Å²) in [6.07, 6.45) is -0.460. The maximum absolute atomic E-state index is 13.4. The van der Waals surface area contributed by atoms with Crippen LogP contribution >= 0.6 is 0 Å². The first kappa shape index (κ1) is 19.3. The molecule has 0 unspecified atom stereocenters. The molecule has 136 valence electrons. The Kier molecular flexibility index (Phi) is 6.60. The Hall–Kier alpha value is -3.02. The maximum atomic E-state index is 13.4. The topological polar surface area (TPSA) is 63.7 Å². The van der Waals surface area contributed by atoms with E-state index in [1.807, 2.05) is 0 Å². The molecule has 0 spiro atoms. The molecule has 0 radical (unpaired) electrons. The van der Waals surface area contributed by atoms with Gasteiger partial charge in [-0.15, -0.1) is 0 Å². The predicted octanol–water partition coefficient (Wildman–Crippen LogP) is 3.30. The lowest BCUT2D eigenvalue weighted by Gasteiger charge is -2.22. The van der Waals surface area contributed by atoms with Crippen molar-refractivity contribution in [1.82, 2.24) is 0 Å². The lowest BCUT2D eigenvalue weighted by Crippen LogP contribution is -2.37. The van der Waals surface area contributed by atoms with Gasteiger partial charge < -0.3 is 9.64 Å². The number of ether oxygens (including phenoxy) is 1. The van der Waals surface area contributed by atoms with Gasteiger partial charge in [0.25, 0.3) is 0 Å². The highest BCUT2D eigenvalue weighted by molar-refractivity contribution is 6.09. The van der Waals surface area contributed by atoms with Gasteiger partial charge in [0.1, 0.15) is 12.2 Å². The number of hydrogen-bond donors (Lipinski definition) is 0. The number of Topliss-reactive ketones (excluding diaryl/α,β-unsaturated/α-hetero) is 1. The molecule has 0 aliphatic rings. The Bertz CT molecular complexity index is 805. The average Bonchev–Trinajstić information content (AvgIpc) is 2.62. The Balaban J connectivity index is 2.23. The minimum Gasteiger partial charge on any atom is -0.466 e. The van der Waals surface area contributed by atoms with Crippen molar-refractivity contribution >= 4 is 23.3 Å². The molecular weight excluding hydrogens is 337 g/mol. The molecule has 0 aliphatic carbocycles. The van der Waals surface area contributed by atoms with E-state index in [0.29, 0.717) is 16.8 Å². The highest BCUT2D eigenvalue weighted by Crippen LogP contribution is 2.17. The summed E-state index contributed by atoms with van der Waals surface area (Å²) in [5, 5.41) is 0. The molecular formula is C20H20FNO4. The molecule has 0 aromatic heterocycles. The van der Waals surface area contributed by atoms with Gasteiger partial charge in [0.15, 0.2) is 5.78 Å². The quantitative estimate of drug-likeness (QED) is 0.433. The number of hydrogen-bond acceptors (Lipinski definition) is 4. The number of carbonyl (C=O) groups is 3. The first-order valence-corrected chi connectivity index (χ1v) is 8.22. The van der Waals surface area contributed by atoms with E-state index in [9.17, 15) is 18.8 Å². The van der Waals surface area contributed by atoms with Gasteiger partial charge in [0.2, 0.25) is 5.91 Å². The molecule has 0 aliphatic heterocycles. The van der Waals surface area contributed by atoms with Crippen molar-refractivity contribution in [3.05, 3.63) is 65.5 Å². The Morgan fingerprint density at radius 3 is 2.38 bits per heavy atom. The Morgan fingerprint density at radius 1 is 1.08 bits per heavy atom. The van der Waals surface area contributed by atoms with Gasteiger partial charge in [-0.1, -0.05) is 18.2 Å². The van der Waals surface area contributed by atoms with Crippen molar-refractivity contribution in [3.63, 3.8) is 0 Å². The Labute approximate surface area is 151 Å². The number of rotatable bonds is 7. The largest absolute Gasteiger partial charge is 0.466 e. The zero-order valence-corrected chi connectivity index (χ0v) is 14.7. The minimum absolute atomic E-state index is 0.172. The minimum atomic E-state index is -0.650. The summed E-state index contributed by atoms with van der Waals surface area (Å²) in [7, 11) is 0. The molecule has 2 rings (SSSR count). The molecule has 0 bridgehead atoms. The van der Waals surface area contributed by atoms with Crippen molar-refractivity contribution < 1.29 is 23.5 Å². The summed E-state index contributed by atoms with van der Waals surface area (Å²) in [6, 6.07) is 12.6. The summed E-state index contributed by atoms with van der Waals surface area (Å²) in [4.78, 5) is 38.0. The standard InChI is InChI=1S/C20H20FNO4/c1-3-26-20(25)12-19(24)22(16-7-5-4-6-8-16)13-18(23)15-9-10-17(21)14(2)11-15/h4-11H,3,12-13H2,1-2H3. The molecule has 2 aromatic carbocycles. The van der Waals surface area contributed by atoms with Crippen LogP contribution in [0.2, 0.25) is 0 Å². The third kappa shape index (κ3) is 4.99. The number of halogens is 1. The number of benzene rings is 2. The lowest BCUT2D eigenvalue weighted by atomic mass is 10.1. The lowest BCUT2D eigenvalue weighted by molar-refractivity contribution is -0.145. The van der Waals surface area contributed by atoms with Gasteiger partial charge in [0, 0.05) is 11.3 Å². The zero-order valence-electron chi connectivity index (χ0n) is 14.7. The van der Waals surface area contributed by atoms with Crippen molar-refractivity contribution in [3.8, 4) is 0 Å². The van der Waals surface area contributed by atoms with Crippen LogP contribution in [-0.4, -0.2) is 30.8 Å². The van der Waals surface area contributed by atoms with E-state index >= 15 is 0 Å². The number of aryl methyl sites for hydroxylation is 1. The number of carbonyl (C=O) groups excluding carboxylic acids is 3. The van der Waals surface area contributed by atoms with Crippen LogP contribution in [0.25, 0.3) is 0 Å². The second-order valence-electron chi connectivity index (χ2n) is 5.68. The number of amides is 1. The van der Waals surface area contributed by atoms with Gasteiger partial charge >= 0.3 is 5.97 Å². The number of anilines is 1. The normalized spacial score (nSPS) is 10.3. The third-order valence-electron chi connectivity index (χ3n) is 3.75. The van der Waals surface area contributed by atoms with Gasteiger partial charge in [-0.05, 0) is 49.7 Å². The van der Waals surface area contributed by atoms with Crippen molar-refractivity contribution in [2.24, 2.45) is 0 Å². The molecule has 6 heteroatoms. The molecule has 0 saturated carbocycles. The monoisotopic (exact) mass is 357 g/mol. The second kappa shape index (κ2) is 8.89. The molecule has 0 atom stereocenters. The van der Waals surface area contributed by atoms with Crippen LogP contribution in [0.3, 0.4) is 0 Å². The SMILES string of the molecule is CCOC(=O)CC(=O)N(CC(=O)c1ccc(F)c(C)c1)c1ccccc1. The zero-order chi connectivity index (χ0) is 19.1. The number of para-hydroxylation sites is 1. The summed E-state index contributed by atoms with van der Waals surface area (Å²) in [5.74, 6) is -1.95. The van der Waals surface area contributed by atoms with Gasteiger partial charge in [0.05, 0.1) is 13.2 Å². The van der Waals surface area contributed by atoms with Gasteiger partial charge in [-0.3, -0.25) is 14.4 Å². The maximum Gasteiger partial charge on any atom is 0.315 e. The molecule has 0 fully saturated rings. The number of esters is 1. The summed E-state index contributed by atoms with van der Waals surface area (Å²) >= 11 is 0. The smallest absolute Gasteiger partial charge is 0.315 e. The molecule has 0 N–H and O–H groups in total. The van der Waals surface area contributed by atoms with E-state index in [1.165, 1.54) is 23.1 Å². The number of ketones is 1. The van der Waals surface area contributed by atoms with Crippen LogP contribution in [0.4, 0.5) is 10.1 Å². The van der Waals surface area contributed by atoms with Crippen LogP contribution in [0.5, 0.6) is 0 Å². The van der Waals surface area contributed by atoms with Crippen molar-refractivity contribution in [2.45, 2.75) is 20.3 Å². The molecule has 0 saturated heterocycles. The summed E-state index contributed by atoms with van der Waals surface area (Å²) < 4.78 is 18.2. The van der Waals surface area contributed by atoms with Crippen molar-refractivity contribution in [1.29, 1.82) is 0 Å². The van der Waals surface area contributed by atoms with E-state index in [0.717, 1.165) is 0 Å². The summed E-state index contributed by atoms with van der Waals surface area (Å²) in [6.45, 7) is 3.13. The molecule has 0 heterocycles. The van der Waals surface area contributed by atoms with Crippen LogP contribution < -0.4 is 4.90 Å². The van der Waals surface area contributed by atoms with Crippen molar-refractivity contribution in [2.75, 3.05) is 18.1 Å². The first-order valence-electron chi connectivity index (χ1n) is 8.22. The second-order valence-corrected chi connectivity index (χ2v) is 5.68. The van der Waals surface area contributed by atoms with E-state index in [1.54, 1.807) is 44.2 Å². The fourth-order valence-corrected chi connectivity index (χ4v) is 2.42. The first-order chi connectivity index (χ1) is 12.4. The molecule has 26 heavy (non-hydrogen) atoms. The fraction of sp³-hybridized carbons (Fsp3) is 0.250. The van der Waals surface area contributed by atoms with E-state index in [4.69, 9.17) is 4.74 Å². The number of nitrogens with zero attached hydrogens (tertiary/aromatic N) is 1. The molecule has 1 amide bonds. The summed E-state index contributed by atoms with van der Waals surface area (Å²) in [5.41, 5.74) is 1.14. The van der Waals surface area contributed by atoms with Gasteiger partial charge in [-0.2, -0.15) is 0 Å².